The smallest absolute Gasteiger partial charge is 0.340 e. The highest BCUT2D eigenvalue weighted by molar-refractivity contribution is 5.87. The Balaban J connectivity index is 2.07. The third-order valence-electron chi connectivity index (χ3n) is 3.66. The van der Waals surface area contributed by atoms with Crippen molar-refractivity contribution in [3.05, 3.63) is 0 Å². The zero-order valence-electron chi connectivity index (χ0n) is 12.4. The Kier molecular flexibility index (Phi) is 7.59. The summed E-state index contributed by atoms with van der Waals surface area (Å²) in [4.78, 5) is 22.2. The Morgan fingerprint density at radius 3 is 2.30 bits per heavy atom. The second-order valence-electron chi connectivity index (χ2n) is 5.46. The number of carbonyl (C=O) groups is 2. The highest BCUT2D eigenvalue weighted by atomic mass is 16.6. The minimum absolute atomic E-state index is 0.168. The van der Waals surface area contributed by atoms with E-state index in [2.05, 4.69) is 6.92 Å². The first-order valence-corrected chi connectivity index (χ1v) is 7.64. The number of unbranched alkanes of at least 4 members (excludes halogenated alkanes) is 7. The van der Waals surface area contributed by atoms with Crippen LogP contribution in [0, 0.1) is 0 Å². The van der Waals surface area contributed by atoms with Crippen molar-refractivity contribution in [3.8, 4) is 0 Å². The van der Waals surface area contributed by atoms with E-state index >= 15 is 0 Å². The molecule has 1 aliphatic rings. The molecule has 1 unspecified atom stereocenters. The molecule has 0 bridgehead atoms. The number of esters is 1. The van der Waals surface area contributed by atoms with Crippen LogP contribution < -0.4 is 0 Å². The molecule has 1 atom stereocenters. The SMILES string of the molecule is CCCCCCCCCCOC1(C(=O)O)COC(=O)C1. The van der Waals surface area contributed by atoms with Gasteiger partial charge in [0.1, 0.15) is 6.61 Å². The van der Waals surface area contributed by atoms with Crippen LogP contribution in [-0.4, -0.2) is 35.9 Å². The first-order valence-electron chi connectivity index (χ1n) is 7.64. The predicted octanol–water partition coefficient (Wildman–Crippen LogP) is 2.91. The quantitative estimate of drug-likeness (QED) is 0.467. The van der Waals surface area contributed by atoms with Crippen molar-refractivity contribution in [1.29, 1.82) is 0 Å². The summed E-state index contributed by atoms with van der Waals surface area (Å²) in [5, 5.41) is 9.15. The summed E-state index contributed by atoms with van der Waals surface area (Å²) in [6, 6.07) is 0. The maximum absolute atomic E-state index is 11.2. The molecular weight excluding hydrogens is 260 g/mol. The van der Waals surface area contributed by atoms with Gasteiger partial charge in [-0.2, -0.15) is 0 Å². The Bertz CT molecular complexity index is 315. The molecule has 0 radical (unpaired) electrons. The monoisotopic (exact) mass is 286 g/mol. The van der Waals surface area contributed by atoms with Gasteiger partial charge in [0.25, 0.3) is 0 Å². The van der Waals surface area contributed by atoms with Crippen LogP contribution in [0.1, 0.15) is 64.7 Å². The average molecular weight is 286 g/mol. The standard InChI is InChI=1S/C15H26O5/c1-2-3-4-5-6-7-8-9-10-20-15(14(17)18)11-13(16)19-12-15/h2-12H2,1H3,(H,17,18). The lowest BCUT2D eigenvalue weighted by Gasteiger charge is -2.21. The van der Waals surface area contributed by atoms with E-state index in [0.29, 0.717) is 6.61 Å². The fraction of sp³-hybridized carbons (Fsp3) is 0.867. The van der Waals surface area contributed by atoms with E-state index in [9.17, 15) is 9.59 Å². The normalized spacial score (nSPS) is 21.9. The number of hydrogen-bond acceptors (Lipinski definition) is 4. The Morgan fingerprint density at radius 2 is 1.80 bits per heavy atom. The number of hydrogen-bond donors (Lipinski definition) is 1. The van der Waals surface area contributed by atoms with Gasteiger partial charge in [0.2, 0.25) is 5.60 Å². The fourth-order valence-electron chi connectivity index (χ4n) is 2.33. The van der Waals surface area contributed by atoms with Crippen LogP contribution in [-0.2, 0) is 19.1 Å². The molecule has 0 aliphatic carbocycles. The van der Waals surface area contributed by atoms with Crippen molar-refractivity contribution in [2.45, 2.75) is 70.3 Å². The number of ether oxygens (including phenoxy) is 2. The topological polar surface area (TPSA) is 72.8 Å². The van der Waals surface area contributed by atoms with Crippen LogP contribution in [0.5, 0.6) is 0 Å². The molecule has 0 aromatic carbocycles. The summed E-state index contributed by atoms with van der Waals surface area (Å²) in [5.41, 5.74) is -1.45. The van der Waals surface area contributed by atoms with Gasteiger partial charge in [-0.1, -0.05) is 51.9 Å². The molecule has 1 saturated heterocycles. The van der Waals surface area contributed by atoms with E-state index in [1.54, 1.807) is 0 Å². The number of aliphatic carboxylic acids is 1. The van der Waals surface area contributed by atoms with Gasteiger partial charge in [-0.3, -0.25) is 4.79 Å². The second kappa shape index (κ2) is 8.95. The molecule has 0 aromatic heterocycles. The average Bonchev–Trinajstić information content (AvgIpc) is 2.80. The van der Waals surface area contributed by atoms with Crippen molar-refractivity contribution in [2.75, 3.05) is 13.2 Å². The van der Waals surface area contributed by atoms with E-state index in [0.717, 1.165) is 19.3 Å². The molecular formula is C15H26O5. The van der Waals surface area contributed by atoms with Gasteiger partial charge < -0.3 is 14.6 Å². The molecule has 0 saturated carbocycles. The Hall–Kier alpha value is -1.10. The van der Waals surface area contributed by atoms with Gasteiger partial charge in [0.05, 0.1) is 6.42 Å². The first kappa shape index (κ1) is 17.0. The molecule has 1 fully saturated rings. The van der Waals surface area contributed by atoms with Crippen LogP contribution in [0.25, 0.3) is 0 Å². The Labute approximate surface area is 120 Å². The molecule has 1 rings (SSSR count). The van der Waals surface area contributed by atoms with Crippen LogP contribution in [0.2, 0.25) is 0 Å². The molecule has 1 heterocycles. The van der Waals surface area contributed by atoms with Crippen LogP contribution in [0.3, 0.4) is 0 Å². The lowest BCUT2D eigenvalue weighted by Crippen LogP contribution is -2.42. The maximum Gasteiger partial charge on any atom is 0.340 e. The minimum atomic E-state index is -1.45. The van der Waals surface area contributed by atoms with Crippen molar-refractivity contribution < 1.29 is 24.2 Å². The Morgan fingerprint density at radius 1 is 1.20 bits per heavy atom. The predicted molar refractivity (Wildman–Crippen MR) is 74.5 cm³/mol. The van der Waals surface area contributed by atoms with Crippen molar-refractivity contribution in [1.82, 2.24) is 0 Å². The molecule has 0 aromatic rings. The van der Waals surface area contributed by atoms with Crippen molar-refractivity contribution >= 4 is 11.9 Å². The number of carboxylic acids is 1. The number of cyclic esters (lactones) is 1. The highest BCUT2D eigenvalue weighted by Crippen LogP contribution is 2.25. The third-order valence-corrected chi connectivity index (χ3v) is 3.66. The number of carbonyl (C=O) groups excluding carboxylic acids is 1. The van der Waals surface area contributed by atoms with E-state index in [4.69, 9.17) is 14.6 Å². The van der Waals surface area contributed by atoms with E-state index in [1.165, 1.54) is 32.1 Å². The van der Waals surface area contributed by atoms with Gasteiger partial charge in [-0.15, -0.1) is 0 Å². The molecule has 1 N–H and O–H groups in total. The number of rotatable bonds is 11. The zero-order valence-corrected chi connectivity index (χ0v) is 12.4. The molecule has 5 heteroatoms. The summed E-state index contributed by atoms with van der Waals surface area (Å²) in [6.45, 7) is 2.41. The molecule has 1 aliphatic heterocycles. The maximum atomic E-state index is 11.2. The summed E-state index contributed by atoms with van der Waals surface area (Å²) in [7, 11) is 0. The van der Waals surface area contributed by atoms with E-state index in [1.807, 2.05) is 0 Å². The third kappa shape index (κ3) is 5.49. The minimum Gasteiger partial charge on any atom is -0.479 e. The highest BCUT2D eigenvalue weighted by Gasteiger charge is 2.48. The summed E-state index contributed by atoms with van der Waals surface area (Å²) in [6.07, 6.45) is 9.20. The van der Waals surface area contributed by atoms with Gasteiger partial charge in [0.15, 0.2) is 0 Å². The lowest BCUT2D eigenvalue weighted by molar-refractivity contribution is -0.166. The lowest BCUT2D eigenvalue weighted by atomic mass is 10.0. The van der Waals surface area contributed by atoms with Gasteiger partial charge in [0, 0.05) is 6.61 Å². The van der Waals surface area contributed by atoms with Crippen LogP contribution in [0.4, 0.5) is 0 Å². The molecule has 20 heavy (non-hydrogen) atoms. The second-order valence-corrected chi connectivity index (χ2v) is 5.46. The largest absolute Gasteiger partial charge is 0.479 e. The molecule has 0 amide bonds. The first-order chi connectivity index (χ1) is 9.60. The summed E-state index contributed by atoms with van der Waals surface area (Å²) < 4.78 is 10.1. The van der Waals surface area contributed by atoms with Crippen LogP contribution in [0.15, 0.2) is 0 Å². The summed E-state index contributed by atoms with van der Waals surface area (Å²) >= 11 is 0. The van der Waals surface area contributed by atoms with Gasteiger partial charge in [-0.05, 0) is 6.42 Å². The number of carboxylic acid groups (broad SMARTS) is 1. The van der Waals surface area contributed by atoms with E-state index < -0.39 is 17.5 Å². The van der Waals surface area contributed by atoms with Crippen molar-refractivity contribution in [2.24, 2.45) is 0 Å². The van der Waals surface area contributed by atoms with Gasteiger partial charge >= 0.3 is 11.9 Å². The van der Waals surface area contributed by atoms with E-state index in [-0.39, 0.29) is 13.0 Å². The van der Waals surface area contributed by atoms with Crippen molar-refractivity contribution in [3.63, 3.8) is 0 Å². The molecule has 0 spiro atoms. The fourth-order valence-corrected chi connectivity index (χ4v) is 2.33. The summed E-state index contributed by atoms with van der Waals surface area (Å²) in [5.74, 6) is -1.61. The van der Waals surface area contributed by atoms with Gasteiger partial charge in [-0.25, -0.2) is 4.79 Å². The molecule has 116 valence electrons. The van der Waals surface area contributed by atoms with Crippen LogP contribution >= 0.6 is 0 Å². The zero-order chi connectivity index (χ0) is 14.8. The molecule has 5 nitrogen and oxygen atoms in total.